The van der Waals surface area contributed by atoms with E-state index >= 15 is 0 Å². The summed E-state index contributed by atoms with van der Waals surface area (Å²) in [6.07, 6.45) is -10.8. The monoisotopic (exact) mass is 475 g/mol. The molecule has 0 fully saturated rings. The molecule has 1 rings (SSSR count). The Kier molecular flexibility index (Phi) is 10.0. The number of nitrogens with one attached hydrogen (secondary N) is 1. The zero-order valence-electron chi connectivity index (χ0n) is 14.7. The Morgan fingerprint density at radius 3 is 2.21 bits per heavy atom. The molecule has 1 unspecified atom stereocenters. The van der Waals surface area contributed by atoms with Crippen molar-refractivity contribution < 1.29 is 44.6 Å². The molecule has 0 saturated carbocycles. The van der Waals surface area contributed by atoms with Gasteiger partial charge in [-0.3, -0.25) is 10.1 Å². The third-order valence-electron chi connectivity index (χ3n) is 3.53. The van der Waals surface area contributed by atoms with E-state index in [-0.39, 0.29) is 12.9 Å². The van der Waals surface area contributed by atoms with Crippen LogP contribution in [0.3, 0.4) is 0 Å². The van der Waals surface area contributed by atoms with Crippen molar-refractivity contribution >= 4 is 47.2 Å². The number of benzene rings is 1. The molecule has 0 bridgehead atoms. The maximum absolute atomic E-state index is 11.6. The van der Waals surface area contributed by atoms with Gasteiger partial charge in [0.15, 0.2) is 12.6 Å². The van der Waals surface area contributed by atoms with E-state index < -0.39 is 46.8 Å². The first-order chi connectivity index (χ1) is 13.4. The Morgan fingerprint density at radius 1 is 1.10 bits per heavy atom. The number of rotatable bonds is 10. The molecule has 0 aromatic heterocycles. The lowest BCUT2D eigenvalue weighted by atomic mass is 9.98. The molecular weight excluding hydrogens is 457 g/mol. The molecule has 0 aliphatic heterocycles. The maximum atomic E-state index is 11.6. The third kappa shape index (κ3) is 8.59. The molecular formula is C16H20Cl3NO9. The Labute approximate surface area is 180 Å². The molecule has 5 atom stereocenters. The van der Waals surface area contributed by atoms with Crippen LogP contribution in [0, 0.1) is 0 Å². The number of hydrogen-bond acceptors (Lipinski definition) is 9. The van der Waals surface area contributed by atoms with Crippen molar-refractivity contribution in [1.82, 2.24) is 5.32 Å². The molecule has 0 aliphatic rings. The number of halogens is 3. The number of hydrogen-bond donors (Lipinski definition) is 6. The van der Waals surface area contributed by atoms with Crippen molar-refractivity contribution in [3.05, 3.63) is 35.9 Å². The second-order valence-corrected chi connectivity index (χ2v) is 8.39. The summed E-state index contributed by atoms with van der Waals surface area (Å²) >= 11 is 16.1. The maximum Gasteiger partial charge on any atom is 0.409 e. The molecule has 13 heteroatoms. The zero-order valence-corrected chi connectivity index (χ0v) is 17.0. The highest BCUT2D eigenvalue weighted by atomic mass is 35.6. The second kappa shape index (κ2) is 11.3. The Balaban J connectivity index is 2.69. The summed E-state index contributed by atoms with van der Waals surface area (Å²) in [7, 11) is 0. The summed E-state index contributed by atoms with van der Waals surface area (Å²) in [5.41, 5.74) is -2.47. The van der Waals surface area contributed by atoms with Gasteiger partial charge in [0.1, 0.15) is 24.9 Å². The van der Waals surface area contributed by atoms with E-state index in [0.29, 0.717) is 5.56 Å². The first kappa shape index (κ1) is 25.8. The quantitative estimate of drug-likeness (QED) is 0.149. The molecule has 1 amide bonds. The van der Waals surface area contributed by atoms with Crippen LogP contribution in [0.5, 0.6) is 0 Å². The van der Waals surface area contributed by atoms with E-state index in [1.54, 1.807) is 35.6 Å². The zero-order chi connectivity index (χ0) is 22.2. The Morgan fingerprint density at radius 2 is 1.69 bits per heavy atom. The predicted molar refractivity (Wildman–Crippen MR) is 101 cm³/mol. The van der Waals surface area contributed by atoms with Crippen molar-refractivity contribution in [2.45, 2.75) is 40.7 Å². The van der Waals surface area contributed by atoms with Gasteiger partial charge in [0.25, 0.3) is 0 Å². The van der Waals surface area contributed by atoms with Crippen molar-refractivity contribution in [1.29, 1.82) is 0 Å². The van der Waals surface area contributed by atoms with E-state index in [0.717, 1.165) is 0 Å². The second-order valence-electron chi connectivity index (χ2n) is 5.87. The Hall–Kier alpha value is -1.21. The number of aliphatic hydroxyl groups excluding tert-OH is 4. The van der Waals surface area contributed by atoms with Gasteiger partial charge in [-0.2, -0.15) is 0 Å². The van der Waals surface area contributed by atoms with Crippen LogP contribution in [-0.4, -0.2) is 78.6 Å². The average molecular weight is 477 g/mol. The highest BCUT2D eigenvalue weighted by Crippen LogP contribution is 2.26. The van der Waals surface area contributed by atoms with Gasteiger partial charge in [-0.25, -0.2) is 4.79 Å². The molecule has 1 aromatic rings. The molecule has 0 saturated heterocycles. The van der Waals surface area contributed by atoms with Gasteiger partial charge >= 0.3 is 6.09 Å². The Bertz CT molecular complexity index is 661. The standard InChI is InChI=1S/C16H20Cl3NO9/c17-16(18,19)8-29-14(26)20-15(27,7-21)12(24)10(22)11(23)13(25)28-6-9-4-2-1-3-5-9/h1-5,7,10-13,22-25,27H,6,8H2,(H,20,26)/t10-,11+,12+,13?,15+/m1/s1. The number of alkyl carbamates (subject to hydrolysis) is 1. The van der Waals surface area contributed by atoms with Crippen molar-refractivity contribution in [2.75, 3.05) is 6.61 Å². The summed E-state index contributed by atoms with van der Waals surface area (Å²) in [6, 6.07) is 8.50. The molecule has 0 spiro atoms. The fourth-order valence-electron chi connectivity index (χ4n) is 1.99. The van der Waals surface area contributed by atoms with E-state index in [4.69, 9.17) is 39.5 Å². The molecule has 10 nitrogen and oxygen atoms in total. The number of aldehydes is 1. The van der Waals surface area contributed by atoms with Crippen LogP contribution in [0.2, 0.25) is 0 Å². The number of carbonyl (C=O) groups excluding carboxylic acids is 2. The fraction of sp³-hybridized carbons (Fsp3) is 0.500. The van der Waals surface area contributed by atoms with E-state index in [2.05, 4.69) is 4.74 Å². The predicted octanol–water partition coefficient (Wildman–Crippen LogP) is -0.412. The highest BCUT2D eigenvalue weighted by Gasteiger charge is 2.46. The number of amides is 1. The normalized spacial score (nSPS) is 18.1. The largest absolute Gasteiger partial charge is 0.445 e. The number of aliphatic hydroxyl groups is 5. The van der Waals surface area contributed by atoms with Crippen LogP contribution >= 0.6 is 34.8 Å². The van der Waals surface area contributed by atoms with Gasteiger partial charge in [0, 0.05) is 0 Å². The first-order valence-electron chi connectivity index (χ1n) is 7.98. The summed E-state index contributed by atoms with van der Waals surface area (Å²) < 4.78 is 7.43. The van der Waals surface area contributed by atoms with Gasteiger partial charge in [-0.15, -0.1) is 0 Å². The van der Waals surface area contributed by atoms with Gasteiger partial charge in [-0.05, 0) is 5.56 Å². The molecule has 1 aromatic carbocycles. The molecule has 0 aliphatic carbocycles. The number of ether oxygens (including phenoxy) is 2. The SMILES string of the molecule is O=C[C@@](O)(NC(=O)OCC(Cl)(Cl)Cl)[C@@H](O)[C@H](O)[C@H](O)C(O)OCc1ccccc1. The number of carbonyl (C=O) groups is 2. The van der Waals surface area contributed by atoms with Gasteiger partial charge in [0.2, 0.25) is 9.52 Å². The lowest BCUT2D eigenvalue weighted by Gasteiger charge is -2.34. The third-order valence-corrected chi connectivity index (χ3v) is 3.86. The van der Waals surface area contributed by atoms with E-state index in [9.17, 15) is 35.1 Å². The van der Waals surface area contributed by atoms with E-state index in [1.165, 1.54) is 0 Å². The van der Waals surface area contributed by atoms with Crippen molar-refractivity contribution in [2.24, 2.45) is 0 Å². The lowest BCUT2D eigenvalue weighted by molar-refractivity contribution is -0.224. The van der Waals surface area contributed by atoms with Gasteiger partial charge in [-0.1, -0.05) is 65.1 Å². The topological polar surface area (TPSA) is 166 Å². The van der Waals surface area contributed by atoms with Crippen LogP contribution in [0.4, 0.5) is 4.79 Å². The van der Waals surface area contributed by atoms with Crippen LogP contribution in [0.15, 0.2) is 30.3 Å². The first-order valence-corrected chi connectivity index (χ1v) is 9.11. The van der Waals surface area contributed by atoms with Crippen LogP contribution in [-0.2, 0) is 20.9 Å². The fourth-order valence-corrected chi connectivity index (χ4v) is 2.15. The van der Waals surface area contributed by atoms with E-state index in [1.807, 2.05) is 0 Å². The highest BCUT2D eigenvalue weighted by molar-refractivity contribution is 6.67. The van der Waals surface area contributed by atoms with Crippen molar-refractivity contribution in [3.63, 3.8) is 0 Å². The summed E-state index contributed by atoms with van der Waals surface area (Å²) in [5, 5.41) is 51.4. The van der Waals surface area contributed by atoms with Gasteiger partial charge < -0.3 is 35.0 Å². The van der Waals surface area contributed by atoms with Crippen molar-refractivity contribution in [3.8, 4) is 0 Å². The van der Waals surface area contributed by atoms with Crippen LogP contribution in [0.25, 0.3) is 0 Å². The lowest BCUT2D eigenvalue weighted by Crippen LogP contribution is -2.64. The smallest absolute Gasteiger partial charge is 0.409 e. The molecule has 6 N–H and O–H groups in total. The average Bonchev–Trinajstić information content (AvgIpc) is 2.68. The molecule has 0 radical (unpaired) electrons. The molecule has 164 valence electrons. The van der Waals surface area contributed by atoms with Crippen LogP contribution in [0.1, 0.15) is 5.56 Å². The summed E-state index contributed by atoms with van der Waals surface area (Å²) in [4.78, 5) is 22.8. The molecule has 0 heterocycles. The van der Waals surface area contributed by atoms with Gasteiger partial charge in [0.05, 0.1) is 6.61 Å². The number of alkyl halides is 3. The minimum absolute atomic E-state index is 0.151. The molecule has 29 heavy (non-hydrogen) atoms. The summed E-state index contributed by atoms with van der Waals surface area (Å²) in [5.74, 6) is 0. The summed E-state index contributed by atoms with van der Waals surface area (Å²) in [6.45, 7) is -0.910. The minimum atomic E-state index is -3.11. The van der Waals surface area contributed by atoms with Crippen LogP contribution < -0.4 is 5.32 Å². The minimum Gasteiger partial charge on any atom is -0.445 e.